The highest BCUT2D eigenvalue weighted by Crippen LogP contribution is 2.37. The third-order valence-corrected chi connectivity index (χ3v) is 5.87. The summed E-state index contributed by atoms with van der Waals surface area (Å²) in [5.74, 6) is 0.748. The minimum atomic E-state index is 0.109. The fourth-order valence-electron chi connectivity index (χ4n) is 4.68. The number of nitrogens with zero attached hydrogens (tertiary/aromatic N) is 2. The first-order chi connectivity index (χ1) is 10.8. The van der Waals surface area contributed by atoms with Crippen LogP contribution in [0.5, 0.6) is 0 Å². The Morgan fingerprint density at radius 3 is 2.68 bits per heavy atom. The van der Waals surface area contributed by atoms with Crippen molar-refractivity contribution in [2.24, 2.45) is 5.92 Å². The number of rotatable bonds is 3. The average molecular weight is 308 g/mol. The van der Waals surface area contributed by atoms with Crippen molar-refractivity contribution >= 4 is 5.91 Å². The smallest absolute Gasteiger partial charge is 0.248 e. The van der Waals surface area contributed by atoms with Gasteiger partial charge in [0.05, 0.1) is 25.2 Å². The third-order valence-electron chi connectivity index (χ3n) is 5.87. The van der Waals surface area contributed by atoms with Gasteiger partial charge < -0.3 is 4.74 Å². The number of amides is 1. The van der Waals surface area contributed by atoms with E-state index < -0.39 is 0 Å². The number of ether oxygens (including phenoxy) is 1. The summed E-state index contributed by atoms with van der Waals surface area (Å²) in [4.78, 5) is 20.4. The molecule has 4 rings (SSSR count). The van der Waals surface area contributed by atoms with Gasteiger partial charge in [0.2, 0.25) is 5.91 Å². The average Bonchev–Trinajstić information content (AvgIpc) is 3.23. The van der Waals surface area contributed by atoms with Crippen LogP contribution in [0.2, 0.25) is 0 Å². The molecular weight excluding hydrogens is 280 g/mol. The Labute approximate surface area is 132 Å². The second kappa shape index (κ2) is 6.46. The fraction of sp³-hybridized carbons (Fsp3) is 0.941. The molecule has 5 nitrogen and oxygen atoms in total. The summed E-state index contributed by atoms with van der Waals surface area (Å²) in [6.45, 7) is 3.69. The van der Waals surface area contributed by atoms with Crippen LogP contribution in [0.15, 0.2) is 0 Å². The number of carbonyl (C=O) groups excluding carboxylic acids is 1. The minimum absolute atomic E-state index is 0.109. The second-order valence-electron chi connectivity index (χ2n) is 7.42. The van der Waals surface area contributed by atoms with E-state index in [4.69, 9.17) is 9.57 Å². The molecule has 0 aromatic rings. The van der Waals surface area contributed by atoms with Crippen LogP contribution in [-0.4, -0.2) is 60.4 Å². The van der Waals surface area contributed by atoms with E-state index in [0.29, 0.717) is 25.0 Å². The van der Waals surface area contributed by atoms with Crippen LogP contribution in [-0.2, 0) is 14.4 Å². The normalized spacial score (nSPS) is 36.9. The number of hydrogen-bond acceptors (Lipinski definition) is 4. The summed E-state index contributed by atoms with van der Waals surface area (Å²) < 4.78 is 6.19. The Bertz CT molecular complexity index is 391. The monoisotopic (exact) mass is 308 g/mol. The highest BCUT2D eigenvalue weighted by Gasteiger charge is 2.44. The molecule has 124 valence electrons. The molecule has 0 aromatic heterocycles. The molecule has 22 heavy (non-hydrogen) atoms. The molecule has 4 fully saturated rings. The Morgan fingerprint density at radius 2 is 1.95 bits per heavy atom. The van der Waals surface area contributed by atoms with E-state index in [1.54, 1.807) is 5.06 Å². The fourth-order valence-corrected chi connectivity index (χ4v) is 4.68. The lowest BCUT2D eigenvalue weighted by molar-refractivity contribution is -0.199. The topological polar surface area (TPSA) is 42.0 Å². The number of hydrogen-bond donors (Lipinski definition) is 0. The van der Waals surface area contributed by atoms with E-state index in [1.807, 2.05) is 0 Å². The zero-order valence-electron chi connectivity index (χ0n) is 13.4. The molecule has 0 bridgehead atoms. The van der Waals surface area contributed by atoms with Crippen molar-refractivity contribution < 1.29 is 14.4 Å². The van der Waals surface area contributed by atoms with Gasteiger partial charge in [0, 0.05) is 31.6 Å². The molecule has 0 N–H and O–H groups in total. The first-order valence-corrected chi connectivity index (χ1v) is 9.12. The van der Waals surface area contributed by atoms with Crippen LogP contribution >= 0.6 is 0 Å². The zero-order chi connectivity index (χ0) is 14.9. The van der Waals surface area contributed by atoms with Gasteiger partial charge in [0.25, 0.3) is 0 Å². The third kappa shape index (κ3) is 3.03. The Morgan fingerprint density at radius 1 is 1.09 bits per heavy atom. The maximum atomic E-state index is 12.3. The maximum absolute atomic E-state index is 12.3. The quantitative estimate of drug-likeness (QED) is 0.799. The lowest BCUT2D eigenvalue weighted by atomic mass is 10.0. The summed E-state index contributed by atoms with van der Waals surface area (Å²) in [5, 5.41) is 1.56. The lowest BCUT2D eigenvalue weighted by Gasteiger charge is -2.27. The summed E-state index contributed by atoms with van der Waals surface area (Å²) in [5.41, 5.74) is 0. The molecule has 3 saturated heterocycles. The van der Waals surface area contributed by atoms with E-state index in [9.17, 15) is 4.79 Å². The van der Waals surface area contributed by atoms with E-state index in [2.05, 4.69) is 4.90 Å². The lowest BCUT2D eigenvalue weighted by Crippen LogP contribution is -2.38. The molecule has 3 aliphatic heterocycles. The van der Waals surface area contributed by atoms with Crippen LogP contribution < -0.4 is 0 Å². The van der Waals surface area contributed by atoms with Gasteiger partial charge in [-0.2, -0.15) is 0 Å². The van der Waals surface area contributed by atoms with Gasteiger partial charge in [0.1, 0.15) is 0 Å². The van der Waals surface area contributed by atoms with Crippen molar-refractivity contribution in [1.29, 1.82) is 0 Å². The minimum Gasteiger partial charge on any atom is -0.373 e. The van der Waals surface area contributed by atoms with Crippen LogP contribution in [0.4, 0.5) is 0 Å². The number of hydroxylamine groups is 2. The van der Waals surface area contributed by atoms with Gasteiger partial charge in [-0.1, -0.05) is 12.8 Å². The zero-order valence-corrected chi connectivity index (χ0v) is 13.4. The molecule has 5 heteroatoms. The number of carbonyl (C=O) groups is 1. The molecule has 1 aliphatic carbocycles. The Hall–Kier alpha value is -0.650. The van der Waals surface area contributed by atoms with Gasteiger partial charge in [-0.25, -0.2) is 5.06 Å². The highest BCUT2D eigenvalue weighted by molar-refractivity contribution is 5.75. The first-order valence-electron chi connectivity index (χ1n) is 9.12. The molecule has 0 unspecified atom stereocenters. The van der Waals surface area contributed by atoms with Gasteiger partial charge in [-0.05, 0) is 32.1 Å². The number of likely N-dealkylation sites (tertiary alicyclic amines) is 1. The van der Waals surface area contributed by atoms with Crippen molar-refractivity contribution in [3.63, 3.8) is 0 Å². The highest BCUT2D eigenvalue weighted by atomic mass is 16.7. The van der Waals surface area contributed by atoms with E-state index in [1.165, 1.54) is 32.2 Å². The molecule has 4 aliphatic rings. The first kappa shape index (κ1) is 14.9. The summed E-state index contributed by atoms with van der Waals surface area (Å²) in [6, 6.07) is 0.802. The van der Waals surface area contributed by atoms with Gasteiger partial charge in [-0.15, -0.1) is 0 Å². The molecule has 0 spiro atoms. The summed E-state index contributed by atoms with van der Waals surface area (Å²) >= 11 is 0. The largest absolute Gasteiger partial charge is 0.373 e. The molecule has 3 atom stereocenters. The molecular formula is C17H28N2O3. The standard InChI is InChI=1S/C17H28N2O3/c20-17(19-7-3-4-8-21-19)10-15-9-13-11-18(12-16(13)22-15)14-5-1-2-6-14/h13-16H,1-12H2/t13-,15-,16+/m0/s1. The van der Waals surface area contributed by atoms with Crippen molar-refractivity contribution in [2.75, 3.05) is 26.2 Å². The molecule has 1 saturated carbocycles. The van der Waals surface area contributed by atoms with Crippen LogP contribution in [0.1, 0.15) is 51.4 Å². The molecule has 0 radical (unpaired) electrons. The second-order valence-corrected chi connectivity index (χ2v) is 7.42. The predicted molar refractivity (Wildman–Crippen MR) is 82.1 cm³/mol. The SMILES string of the molecule is O=C(C[C@@H]1C[C@H]2CN(C3CCCC3)C[C@H]2O1)N1CCCCO1. The van der Waals surface area contributed by atoms with E-state index in [-0.39, 0.29) is 12.0 Å². The van der Waals surface area contributed by atoms with Crippen molar-refractivity contribution in [2.45, 2.75) is 69.6 Å². The molecule has 1 amide bonds. The molecule has 3 heterocycles. The maximum Gasteiger partial charge on any atom is 0.248 e. The van der Waals surface area contributed by atoms with Crippen LogP contribution in [0.25, 0.3) is 0 Å². The van der Waals surface area contributed by atoms with Crippen LogP contribution in [0, 0.1) is 5.92 Å². The predicted octanol–water partition coefficient (Wildman–Crippen LogP) is 1.96. The summed E-state index contributed by atoms with van der Waals surface area (Å²) in [7, 11) is 0. The Balaban J connectivity index is 1.25. The van der Waals surface area contributed by atoms with Crippen molar-refractivity contribution in [1.82, 2.24) is 9.96 Å². The summed E-state index contributed by atoms with van der Waals surface area (Å²) in [6.07, 6.45) is 9.66. The van der Waals surface area contributed by atoms with Gasteiger partial charge in [-0.3, -0.25) is 14.5 Å². The van der Waals surface area contributed by atoms with E-state index >= 15 is 0 Å². The van der Waals surface area contributed by atoms with E-state index in [0.717, 1.165) is 38.4 Å². The van der Waals surface area contributed by atoms with Gasteiger partial charge >= 0.3 is 0 Å². The van der Waals surface area contributed by atoms with Gasteiger partial charge in [0.15, 0.2) is 0 Å². The van der Waals surface area contributed by atoms with Crippen molar-refractivity contribution in [3.8, 4) is 0 Å². The Kier molecular flexibility index (Phi) is 4.38. The number of fused-ring (bicyclic) bond motifs is 1. The van der Waals surface area contributed by atoms with Crippen molar-refractivity contribution in [3.05, 3.63) is 0 Å². The van der Waals surface area contributed by atoms with Crippen LogP contribution in [0.3, 0.4) is 0 Å². The molecule has 0 aromatic carbocycles.